The zero-order chi connectivity index (χ0) is 17.5. The topological polar surface area (TPSA) is 59.0 Å². The highest BCUT2D eigenvalue weighted by Crippen LogP contribution is 2.44. The molecule has 1 aliphatic heterocycles. The fourth-order valence-electron chi connectivity index (χ4n) is 3.82. The first-order chi connectivity index (χ1) is 11.3. The number of aliphatic hydroxyl groups excluding tert-OH is 1. The van der Waals surface area contributed by atoms with Crippen LogP contribution in [0.3, 0.4) is 0 Å². The second-order valence-corrected chi connectivity index (χ2v) is 7.84. The van der Waals surface area contributed by atoms with Gasteiger partial charge in [-0.3, -0.25) is 0 Å². The number of ether oxygens (including phenoxy) is 2. The van der Waals surface area contributed by atoms with Crippen molar-refractivity contribution in [2.45, 2.75) is 51.2 Å². The summed E-state index contributed by atoms with van der Waals surface area (Å²) in [6, 6.07) is 5.86. The molecule has 1 fully saturated rings. The summed E-state index contributed by atoms with van der Waals surface area (Å²) in [5.74, 6) is 1.36. The van der Waals surface area contributed by atoms with Crippen LogP contribution in [0.25, 0.3) is 0 Å². The summed E-state index contributed by atoms with van der Waals surface area (Å²) < 4.78 is 10.9. The van der Waals surface area contributed by atoms with E-state index in [0.717, 1.165) is 29.7 Å². The third kappa shape index (κ3) is 3.36. The van der Waals surface area contributed by atoms with Crippen molar-refractivity contribution >= 4 is 6.09 Å². The first-order valence-corrected chi connectivity index (χ1v) is 8.62. The number of hydrogen-bond donors (Lipinski definition) is 1. The maximum absolute atomic E-state index is 12.4. The second-order valence-electron chi connectivity index (χ2n) is 7.84. The van der Waals surface area contributed by atoms with Gasteiger partial charge in [0.25, 0.3) is 0 Å². The van der Waals surface area contributed by atoms with E-state index in [1.807, 2.05) is 43.9 Å². The molecule has 1 unspecified atom stereocenters. The van der Waals surface area contributed by atoms with Crippen molar-refractivity contribution in [3.05, 3.63) is 29.3 Å². The molecule has 1 aromatic carbocycles. The van der Waals surface area contributed by atoms with Crippen molar-refractivity contribution in [3.63, 3.8) is 0 Å². The molecule has 132 valence electrons. The SMILES string of the molecule is COc1ccc2c(c1)[C@H]1CN(C(=O)OC(C)(C)C)C[C@@H]1CCC2O. The fraction of sp³-hybridized carbons (Fsp3) is 0.632. The minimum atomic E-state index is -0.487. The van der Waals surface area contributed by atoms with Gasteiger partial charge in [-0.25, -0.2) is 4.79 Å². The minimum Gasteiger partial charge on any atom is -0.497 e. The number of rotatable bonds is 1. The lowest BCUT2D eigenvalue weighted by Gasteiger charge is -2.25. The van der Waals surface area contributed by atoms with Gasteiger partial charge < -0.3 is 19.5 Å². The molecule has 1 aromatic rings. The molecule has 1 heterocycles. The van der Waals surface area contributed by atoms with E-state index < -0.39 is 11.7 Å². The lowest BCUT2D eigenvalue weighted by molar-refractivity contribution is 0.0284. The van der Waals surface area contributed by atoms with Crippen LogP contribution < -0.4 is 4.74 Å². The molecular formula is C19H27NO4. The Balaban J connectivity index is 1.86. The molecular weight excluding hydrogens is 306 g/mol. The van der Waals surface area contributed by atoms with Gasteiger partial charge in [0.15, 0.2) is 0 Å². The Kier molecular flexibility index (Phi) is 4.47. The normalized spacial score (nSPS) is 26.4. The van der Waals surface area contributed by atoms with Crippen LogP contribution >= 0.6 is 0 Å². The lowest BCUT2D eigenvalue weighted by atomic mass is 9.87. The Morgan fingerprint density at radius 3 is 2.62 bits per heavy atom. The van der Waals surface area contributed by atoms with E-state index in [2.05, 4.69) is 0 Å². The van der Waals surface area contributed by atoms with E-state index in [-0.39, 0.29) is 12.0 Å². The van der Waals surface area contributed by atoms with Crippen LogP contribution in [0, 0.1) is 5.92 Å². The Morgan fingerprint density at radius 2 is 1.96 bits per heavy atom. The van der Waals surface area contributed by atoms with Gasteiger partial charge in [-0.05, 0) is 62.8 Å². The molecule has 24 heavy (non-hydrogen) atoms. The van der Waals surface area contributed by atoms with E-state index in [1.165, 1.54) is 0 Å². The number of carbonyl (C=O) groups is 1. The number of likely N-dealkylation sites (tertiary alicyclic amines) is 1. The highest BCUT2D eigenvalue weighted by Gasteiger charge is 2.41. The third-order valence-electron chi connectivity index (χ3n) is 4.96. The second kappa shape index (κ2) is 6.28. The predicted octanol–water partition coefficient (Wildman–Crippen LogP) is 3.47. The summed E-state index contributed by atoms with van der Waals surface area (Å²) in [6.45, 7) is 6.97. The highest BCUT2D eigenvalue weighted by molar-refractivity contribution is 5.69. The van der Waals surface area contributed by atoms with Crippen molar-refractivity contribution in [3.8, 4) is 5.75 Å². The molecule has 0 aromatic heterocycles. The zero-order valence-electron chi connectivity index (χ0n) is 14.9. The van der Waals surface area contributed by atoms with E-state index in [1.54, 1.807) is 7.11 Å². The number of fused-ring (bicyclic) bond motifs is 3. The van der Waals surface area contributed by atoms with Crippen molar-refractivity contribution in [2.75, 3.05) is 20.2 Å². The van der Waals surface area contributed by atoms with Crippen LogP contribution in [0.1, 0.15) is 56.8 Å². The van der Waals surface area contributed by atoms with Gasteiger partial charge in [-0.15, -0.1) is 0 Å². The van der Waals surface area contributed by atoms with Gasteiger partial charge in [-0.2, -0.15) is 0 Å². The summed E-state index contributed by atoms with van der Waals surface area (Å²) in [6.07, 6.45) is 0.942. The molecule has 3 rings (SSSR count). The number of nitrogens with zero attached hydrogens (tertiary/aromatic N) is 1. The average Bonchev–Trinajstić information content (AvgIpc) is 2.89. The Bertz CT molecular complexity index is 622. The summed E-state index contributed by atoms with van der Waals surface area (Å²) >= 11 is 0. The number of methoxy groups -OCH3 is 1. The lowest BCUT2D eigenvalue weighted by Crippen LogP contribution is -2.35. The minimum absolute atomic E-state index is 0.222. The van der Waals surface area contributed by atoms with Gasteiger partial charge >= 0.3 is 6.09 Å². The first-order valence-electron chi connectivity index (χ1n) is 8.62. The molecule has 1 aliphatic carbocycles. The Labute approximate surface area is 143 Å². The van der Waals surface area contributed by atoms with Crippen LogP contribution in [0.4, 0.5) is 4.79 Å². The van der Waals surface area contributed by atoms with Crippen molar-refractivity contribution in [1.29, 1.82) is 0 Å². The highest BCUT2D eigenvalue weighted by atomic mass is 16.6. The molecule has 1 saturated heterocycles. The standard InChI is InChI=1S/C19H27NO4/c1-19(2,3)24-18(22)20-10-12-5-8-17(21)14-7-6-13(23-4)9-15(14)16(12)11-20/h6-7,9,12,16-17,21H,5,8,10-11H2,1-4H3/t12-,16-,17?/m0/s1. The Hall–Kier alpha value is -1.75. The van der Waals surface area contributed by atoms with Crippen molar-refractivity contribution < 1.29 is 19.4 Å². The summed E-state index contributed by atoms with van der Waals surface area (Å²) in [7, 11) is 1.65. The summed E-state index contributed by atoms with van der Waals surface area (Å²) in [5, 5.41) is 10.4. The van der Waals surface area contributed by atoms with E-state index in [0.29, 0.717) is 19.0 Å². The predicted molar refractivity (Wildman–Crippen MR) is 91.2 cm³/mol. The van der Waals surface area contributed by atoms with Gasteiger partial charge in [0, 0.05) is 19.0 Å². The zero-order valence-corrected chi connectivity index (χ0v) is 14.9. The molecule has 1 amide bonds. The van der Waals surface area contributed by atoms with Crippen LogP contribution in [-0.4, -0.2) is 41.9 Å². The molecule has 5 heteroatoms. The molecule has 0 radical (unpaired) electrons. The molecule has 5 nitrogen and oxygen atoms in total. The molecule has 3 atom stereocenters. The van der Waals surface area contributed by atoms with Gasteiger partial charge in [-0.1, -0.05) is 6.07 Å². The quantitative estimate of drug-likeness (QED) is 0.855. The molecule has 0 spiro atoms. The van der Waals surface area contributed by atoms with Crippen LogP contribution in [0.15, 0.2) is 18.2 Å². The third-order valence-corrected chi connectivity index (χ3v) is 4.96. The monoisotopic (exact) mass is 333 g/mol. The van der Waals surface area contributed by atoms with Gasteiger partial charge in [0.05, 0.1) is 13.2 Å². The van der Waals surface area contributed by atoms with E-state index >= 15 is 0 Å². The van der Waals surface area contributed by atoms with Crippen molar-refractivity contribution in [1.82, 2.24) is 4.90 Å². The number of benzene rings is 1. The van der Waals surface area contributed by atoms with Crippen LogP contribution in [0.2, 0.25) is 0 Å². The van der Waals surface area contributed by atoms with E-state index in [9.17, 15) is 9.90 Å². The summed E-state index contributed by atoms with van der Waals surface area (Å²) in [4.78, 5) is 14.2. The van der Waals surface area contributed by atoms with Gasteiger partial charge in [0.1, 0.15) is 11.4 Å². The number of carbonyl (C=O) groups excluding carboxylic acids is 1. The Morgan fingerprint density at radius 1 is 1.21 bits per heavy atom. The van der Waals surface area contributed by atoms with Crippen LogP contribution in [0.5, 0.6) is 5.75 Å². The first kappa shape index (κ1) is 17.1. The number of aliphatic hydroxyl groups is 1. The maximum Gasteiger partial charge on any atom is 0.410 e. The largest absolute Gasteiger partial charge is 0.497 e. The molecule has 1 N–H and O–H groups in total. The fourth-order valence-corrected chi connectivity index (χ4v) is 3.82. The number of amides is 1. The van der Waals surface area contributed by atoms with Crippen molar-refractivity contribution in [2.24, 2.45) is 5.92 Å². The molecule has 0 saturated carbocycles. The summed E-state index contributed by atoms with van der Waals surface area (Å²) in [5.41, 5.74) is 1.59. The smallest absolute Gasteiger partial charge is 0.410 e. The maximum atomic E-state index is 12.4. The van der Waals surface area contributed by atoms with E-state index in [4.69, 9.17) is 9.47 Å². The molecule has 0 bridgehead atoms. The molecule has 2 aliphatic rings. The van der Waals surface area contributed by atoms with Crippen LogP contribution in [-0.2, 0) is 4.74 Å². The van der Waals surface area contributed by atoms with Gasteiger partial charge in [0.2, 0.25) is 0 Å². The average molecular weight is 333 g/mol. The number of hydrogen-bond acceptors (Lipinski definition) is 4.